The number of anilines is 2. The van der Waals surface area contributed by atoms with Gasteiger partial charge in [0.15, 0.2) is 0 Å². The minimum Gasteiger partial charge on any atom is -0.368 e. The Morgan fingerprint density at radius 2 is 1.43 bits per heavy atom. The van der Waals surface area contributed by atoms with E-state index in [0.717, 1.165) is 37.7 Å². The number of rotatable bonds is 11. The highest BCUT2D eigenvalue weighted by molar-refractivity contribution is 5.35. The maximum absolute atomic E-state index is 5.85. The fourth-order valence-electron chi connectivity index (χ4n) is 3.19. The van der Waals surface area contributed by atoms with Gasteiger partial charge in [-0.2, -0.15) is 15.0 Å². The first-order chi connectivity index (χ1) is 11.3. The molecule has 0 atom stereocenters. The van der Waals surface area contributed by atoms with Gasteiger partial charge in [0.05, 0.1) is 0 Å². The van der Waals surface area contributed by atoms with Crippen LogP contribution >= 0.6 is 0 Å². The first-order valence-corrected chi connectivity index (χ1v) is 9.55. The maximum atomic E-state index is 5.85. The quantitative estimate of drug-likeness (QED) is 0.621. The number of nitrogens with two attached hydrogens (primary N) is 1. The second-order valence-corrected chi connectivity index (χ2v) is 6.68. The Labute approximate surface area is 141 Å². The van der Waals surface area contributed by atoms with E-state index in [1.54, 1.807) is 0 Å². The Kier molecular flexibility index (Phi) is 8.12. The fourth-order valence-corrected chi connectivity index (χ4v) is 3.19. The van der Waals surface area contributed by atoms with Crippen molar-refractivity contribution in [2.45, 2.75) is 84.0 Å². The van der Waals surface area contributed by atoms with Crippen LogP contribution in [0, 0.1) is 0 Å². The summed E-state index contributed by atoms with van der Waals surface area (Å²) in [6.45, 7) is 4.35. The van der Waals surface area contributed by atoms with E-state index in [9.17, 15) is 0 Å². The van der Waals surface area contributed by atoms with E-state index in [1.807, 2.05) is 0 Å². The Bertz CT molecular complexity index is 443. The van der Waals surface area contributed by atoms with E-state index in [-0.39, 0.29) is 0 Å². The molecular weight excluding hydrogens is 286 g/mol. The molecule has 5 heteroatoms. The molecule has 2 N–H and O–H groups in total. The Hall–Kier alpha value is -1.39. The van der Waals surface area contributed by atoms with Gasteiger partial charge in [-0.05, 0) is 19.3 Å². The fraction of sp³-hybridized carbons (Fsp3) is 0.833. The minimum absolute atomic E-state index is 0.368. The molecule has 23 heavy (non-hydrogen) atoms. The lowest BCUT2D eigenvalue weighted by Gasteiger charge is -2.15. The highest BCUT2D eigenvalue weighted by atomic mass is 15.3. The van der Waals surface area contributed by atoms with Gasteiger partial charge in [-0.15, -0.1) is 0 Å². The van der Waals surface area contributed by atoms with Crippen LogP contribution in [-0.4, -0.2) is 28.0 Å². The largest absolute Gasteiger partial charge is 0.368 e. The average Bonchev–Trinajstić information content (AvgIpc) is 3.07. The average molecular weight is 319 g/mol. The minimum atomic E-state index is 0.368. The van der Waals surface area contributed by atoms with Crippen molar-refractivity contribution in [3.05, 3.63) is 5.82 Å². The lowest BCUT2D eigenvalue weighted by molar-refractivity contribution is 0.561. The number of nitrogens with zero attached hydrogens (tertiary/aromatic N) is 4. The molecule has 2 rings (SSSR count). The van der Waals surface area contributed by atoms with E-state index < -0.39 is 0 Å². The number of hydrogen-bond donors (Lipinski definition) is 1. The summed E-state index contributed by atoms with van der Waals surface area (Å²) in [6.07, 6.45) is 15.4. The highest BCUT2D eigenvalue weighted by Crippen LogP contribution is 2.17. The Morgan fingerprint density at radius 1 is 0.826 bits per heavy atom. The molecule has 0 spiro atoms. The molecule has 1 aliphatic heterocycles. The number of nitrogen functional groups attached to an aromatic ring is 1. The van der Waals surface area contributed by atoms with E-state index in [0.29, 0.717) is 5.95 Å². The van der Waals surface area contributed by atoms with Gasteiger partial charge in [0.1, 0.15) is 5.82 Å². The number of aryl methyl sites for hydroxylation is 1. The summed E-state index contributed by atoms with van der Waals surface area (Å²) < 4.78 is 0. The van der Waals surface area contributed by atoms with E-state index in [1.165, 1.54) is 64.2 Å². The molecule has 1 aromatic rings. The zero-order valence-corrected chi connectivity index (χ0v) is 14.8. The van der Waals surface area contributed by atoms with Gasteiger partial charge in [0.2, 0.25) is 11.9 Å². The van der Waals surface area contributed by atoms with Crippen LogP contribution in [0.5, 0.6) is 0 Å². The number of unbranched alkanes of at least 4 members (excludes halogenated alkanes) is 8. The SMILES string of the molecule is CCCCCCCCCCCc1nc(N)nc(N2CCCC2)n1. The maximum Gasteiger partial charge on any atom is 0.230 e. The predicted molar refractivity (Wildman–Crippen MR) is 96.6 cm³/mol. The van der Waals surface area contributed by atoms with Crippen molar-refractivity contribution in [3.8, 4) is 0 Å². The van der Waals surface area contributed by atoms with Crippen LogP contribution in [0.1, 0.15) is 83.4 Å². The van der Waals surface area contributed by atoms with Gasteiger partial charge in [-0.25, -0.2) is 0 Å². The first-order valence-electron chi connectivity index (χ1n) is 9.55. The summed E-state index contributed by atoms with van der Waals surface area (Å²) in [5, 5.41) is 0. The monoisotopic (exact) mass is 319 g/mol. The molecule has 130 valence electrons. The molecule has 0 bridgehead atoms. The smallest absolute Gasteiger partial charge is 0.230 e. The third kappa shape index (κ3) is 6.71. The van der Waals surface area contributed by atoms with Gasteiger partial charge in [0.25, 0.3) is 0 Å². The van der Waals surface area contributed by atoms with Gasteiger partial charge < -0.3 is 10.6 Å². The van der Waals surface area contributed by atoms with Crippen LogP contribution in [-0.2, 0) is 6.42 Å². The molecule has 1 saturated heterocycles. The third-order valence-electron chi connectivity index (χ3n) is 4.58. The Balaban J connectivity index is 1.63. The van der Waals surface area contributed by atoms with Crippen molar-refractivity contribution in [2.75, 3.05) is 23.7 Å². The zero-order chi connectivity index (χ0) is 16.3. The van der Waals surface area contributed by atoms with Crippen LogP contribution < -0.4 is 10.6 Å². The van der Waals surface area contributed by atoms with Crippen LogP contribution in [0.3, 0.4) is 0 Å². The van der Waals surface area contributed by atoms with E-state index in [2.05, 4.69) is 26.8 Å². The highest BCUT2D eigenvalue weighted by Gasteiger charge is 2.16. The number of aromatic nitrogens is 3. The molecular formula is C18H33N5. The molecule has 0 aromatic carbocycles. The molecule has 1 fully saturated rings. The molecule has 0 saturated carbocycles. The second-order valence-electron chi connectivity index (χ2n) is 6.68. The number of hydrogen-bond acceptors (Lipinski definition) is 5. The summed E-state index contributed by atoms with van der Waals surface area (Å²) >= 11 is 0. The molecule has 5 nitrogen and oxygen atoms in total. The van der Waals surface area contributed by atoms with Crippen molar-refractivity contribution >= 4 is 11.9 Å². The summed E-state index contributed by atoms with van der Waals surface area (Å²) in [5.74, 6) is 2.01. The van der Waals surface area contributed by atoms with Gasteiger partial charge >= 0.3 is 0 Å². The topological polar surface area (TPSA) is 67.9 Å². The lowest BCUT2D eigenvalue weighted by atomic mass is 10.1. The third-order valence-corrected chi connectivity index (χ3v) is 4.58. The second kappa shape index (κ2) is 10.4. The summed E-state index contributed by atoms with van der Waals surface area (Å²) in [5.41, 5.74) is 5.85. The zero-order valence-electron chi connectivity index (χ0n) is 14.8. The standard InChI is InChI=1S/C18H33N5/c1-2-3-4-5-6-7-8-9-10-13-16-20-17(19)22-18(21-16)23-14-11-12-15-23/h2-15H2,1H3,(H2,19,20,21,22). The predicted octanol–water partition coefficient (Wildman–Crippen LogP) is 4.13. The molecule has 0 amide bonds. The van der Waals surface area contributed by atoms with Crippen molar-refractivity contribution < 1.29 is 0 Å². The summed E-state index contributed by atoms with van der Waals surface area (Å²) in [4.78, 5) is 15.4. The van der Waals surface area contributed by atoms with Crippen molar-refractivity contribution in [2.24, 2.45) is 0 Å². The van der Waals surface area contributed by atoms with E-state index in [4.69, 9.17) is 5.73 Å². The van der Waals surface area contributed by atoms with Gasteiger partial charge in [0, 0.05) is 19.5 Å². The van der Waals surface area contributed by atoms with Crippen LogP contribution in [0.4, 0.5) is 11.9 Å². The van der Waals surface area contributed by atoms with Gasteiger partial charge in [-0.1, -0.05) is 58.3 Å². The summed E-state index contributed by atoms with van der Waals surface area (Å²) in [6, 6.07) is 0. The summed E-state index contributed by atoms with van der Waals surface area (Å²) in [7, 11) is 0. The van der Waals surface area contributed by atoms with Crippen LogP contribution in [0.2, 0.25) is 0 Å². The lowest BCUT2D eigenvalue weighted by Crippen LogP contribution is -2.22. The molecule has 2 heterocycles. The van der Waals surface area contributed by atoms with Crippen molar-refractivity contribution in [1.29, 1.82) is 0 Å². The van der Waals surface area contributed by atoms with Crippen LogP contribution in [0.25, 0.3) is 0 Å². The van der Waals surface area contributed by atoms with Gasteiger partial charge in [-0.3, -0.25) is 0 Å². The molecule has 1 aromatic heterocycles. The Morgan fingerprint density at radius 3 is 2.09 bits per heavy atom. The molecule has 1 aliphatic rings. The van der Waals surface area contributed by atoms with Crippen LogP contribution in [0.15, 0.2) is 0 Å². The molecule has 0 unspecified atom stereocenters. The van der Waals surface area contributed by atoms with Crippen molar-refractivity contribution in [3.63, 3.8) is 0 Å². The first kappa shape index (κ1) is 18.0. The van der Waals surface area contributed by atoms with E-state index >= 15 is 0 Å². The van der Waals surface area contributed by atoms with Crippen molar-refractivity contribution in [1.82, 2.24) is 15.0 Å². The molecule has 0 radical (unpaired) electrons. The molecule has 0 aliphatic carbocycles. The normalized spacial score (nSPS) is 14.6.